The Morgan fingerprint density at radius 1 is 1.00 bits per heavy atom. The average Bonchev–Trinajstić information content (AvgIpc) is 2.12. The molecule has 1 saturated heterocycles. The highest BCUT2D eigenvalue weighted by Gasteiger charge is 2.20. The molecule has 0 spiro atoms. The van der Waals surface area contributed by atoms with Gasteiger partial charge < -0.3 is 0 Å². The number of allylic oxidation sites excluding steroid dienone is 2. The minimum absolute atomic E-state index is 0.756. The molecule has 1 aliphatic heterocycles. The van der Waals surface area contributed by atoms with Crippen molar-refractivity contribution < 1.29 is 0 Å². The summed E-state index contributed by atoms with van der Waals surface area (Å²) >= 11 is 0. The first-order valence-corrected chi connectivity index (χ1v) is 6.90. The molecule has 0 nitrogen and oxygen atoms in total. The van der Waals surface area contributed by atoms with Crippen LogP contribution in [0.4, 0.5) is 0 Å². The first kappa shape index (κ1) is 7.19. The predicted molar refractivity (Wildman–Crippen MR) is 53.2 cm³/mol. The number of rotatable bonds is 0. The molecule has 0 amide bonds. The van der Waals surface area contributed by atoms with Crippen LogP contribution in [0.25, 0.3) is 0 Å². The van der Waals surface area contributed by atoms with Crippen molar-refractivity contribution in [3.05, 3.63) is 24.3 Å². The topological polar surface area (TPSA) is 0 Å². The molecule has 10 heavy (non-hydrogen) atoms. The zero-order chi connectivity index (χ0) is 6.81. The van der Waals surface area contributed by atoms with Crippen LogP contribution in [0.5, 0.6) is 0 Å². The first-order valence-electron chi connectivity index (χ1n) is 3.29. The SMILES string of the molecule is C1=CC2CC(C=C1)SSS2. The molecule has 0 saturated carbocycles. The van der Waals surface area contributed by atoms with Crippen molar-refractivity contribution in [2.75, 3.05) is 0 Å². The molecule has 0 N–H and O–H groups in total. The number of fused-ring (bicyclic) bond motifs is 2. The summed E-state index contributed by atoms with van der Waals surface area (Å²) in [5, 5.41) is 1.51. The maximum atomic E-state index is 2.30. The summed E-state index contributed by atoms with van der Waals surface area (Å²) in [7, 11) is 5.90. The van der Waals surface area contributed by atoms with Crippen molar-refractivity contribution in [1.82, 2.24) is 0 Å². The highest BCUT2D eigenvalue weighted by Crippen LogP contribution is 2.49. The number of hydrogen-bond acceptors (Lipinski definition) is 3. The van der Waals surface area contributed by atoms with Crippen LogP contribution in [0.3, 0.4) is 0 Å². The molecular weight excluding hydrogens is 180 g/mol. The van der Waals surface area contributed by atoms with Crippen molar-refractivity contribution in [2.45, 2.75) is 16.9 Å². The Morgan fingerprint density at radius 2 is 1.60 bits per heavy atom. The van der Waals surface area contributed by atoms with Crippen molar-refractivity contribution in [3.63, 3.8) is 0 Å². The molecule has 2 unspecified atom stereocenters. The van der Waals surface area contributed by atoms with Gasteiger partial charge in [0.25, 0.3) is 0 Å². The van der Waals surface area contributed by atoms with Crippen LogP contribution < -0.4 is 0 Å². The monoisotopic (exact) mass is 188 g/mol. The second-order valence-corrected chi connectivity index (χ2v) is 6.86. The van der Waals surface area contributed by atoms with Gasteiger partial charge >= 0.3 is 0 Å². The summed E-state index contributed by atoms with van der Waals surface area (Å²) in [4.78, 5) is 0. The molecule has 2 bridgehead atoms. The van der Waals surface area contributed by atoms with Gasteiger partial charge in [0.15, 0.2) is 0 Å². The molecule has 1 fully saturated rings. The Balaban J connectivity index is 2.14. The van der Waals surface area contributed by atoms with Gasteiger partial charge in [0, 0.05) is 10.5 Å². The summed E-state index contributed by atoms with van der Waals surface area (Å²) in [6.07, 6.45) is 10.3. The fraction of sp³-hybridized carbons (Fsp3) is 0.429. The lowest BCUT2D eigenvalue weighted by Crippen LogP contribution is -2.08. The third-order valence-electron chi connectivity index (χ3n) is 1.55. The molecule has 2 aliphatic rings. The van der Waals surface area contributed by atoms with E-state index in [-0.39, 0.29) is 0 Å². The Morgan fingerprint density at radius 3 is 2.20 bits per heavy atom. The predicted octanol–water partition coefficient (Wildman–Crippen LogP) is 3.28. The lowest BCUT2D eigenvalue weighted by Gasteiger charge is -2.21. The molecule has 2 atom stereocenters. The largest absolute Gasteiger partial charge is 0.0749 e. The summed E-state index contributed by atoms with van der Waals surface area (Å²) in [6.45, 7) is 0. The third kappa shape index (κ3) is 1.57. The molecule has 0 aromatic rings. The third-order valence-corrected chi connectivity index (χ3v) is 6.27. The fourth-order valence-electron chi connectivity index (χ4n) is 1.03. The molecule has 0 aromatic carbocycles. The normalized spacial score (nSPS) is 37.6. The maximum Gasteiger partial charge on any atom is 0.0356 e. The van der Waals surface area contributed by atoms with Crippen LogP contribution >= 0.6 is 31.4 Å². The highest BCUT2D eigenvalue weighted by atomic mass is 33.5. The molecule has 1 aliphatic carbocycles. The Hall–Kier alpha value is 0.530. The van der Waals surface area contributed by atoms with Gasteiger partial charge in [-0.05, 0) is 16.2 Å². The Kier molecular flexibility index (Phi) is 2.36. The summed E-state index contributed by atoms with van der Waals surface area (Å²) in [5.41, 5.74) is 0. The zero-order valence-electron chi connectivity index (χ0n) is 5.40. The van der Waals surface area contributed by atoms with Gasteiger partial charge in [-0.15, -0.1) is 0 Å². The van der Waals surface area contributed by atoms with E-state index in [2.05, 4.69) is 24.3 Å². The Labute approximate surface area is 72.7 Å². The van der Waals surface area contributed by atoms with Crippen LogP contribution in [-0.4, -0.2) is 10.5 Å². The van der Waals surface area contributed by atoms with Crippen molar-refractivity contribution in [3.8, 4) is 0 Å². The van der Waals surface area contributed by atoms with E-state index in [1.165, 1.54) is 6.42 Å². The molecule has 3 heteroatoms. The Bertz CT molecular complexity index is 156. The van der Waals surface area contributed by atoms with Crippen LogP contribution in [0.2, 0.25) is 0 Å². The van der Waals surface area contributed by atoms with Gasteiger partial charge in [-0.3, -0.25) is 0 Å². The van der Waals surface area contributed by atoms with E-state index >= 15 is 0 Å². The van der Waals surface area contributed by atoms with Gasteiger partial charge in [0.1, 0.15) is 0 Å². The van der Waals surface area contributed by atoms with Crippen molar-refractivity contribution >= 4 is 31.4 Å². The van der Waals surface area contributed by atoms with Gasteiger partial charge in [-0.2, -0.15) is 0 Å². The van der Waals surface area contributed by atoms with Crippen LogP contribution in [-0.2, 0) is 0 Å². The molecule has 0 aromatic heterocycles. The lowest BCUT2D eigenvalue weighted by atomic mass is 10.2. The van der Waals surface area contributed by atoms with Gasteiger partial charge in [0.05, 0.1) is 0 Å². The van der Waals surface area contributed by atoms with Crippen LogP contribution in [0, 0.1) is 0 Å². The fourth-order valence-corrected chi connectivity index (χ4v) is 6.10. The van der Waals surface area contributed by atoms with E-state index in [4.69, 9.17) is 0 Å². The molecular formula is C7H8S3. The van der Waals surface area contributed by atoms with E-state index in [9.17, 15) is 0 Å². The van der Waals surface area contributed by atoms with E-state index in [1.807, 2.05) is 31.4 Å². The number of hydrogen-bond donors (Lipinski definition) is 0. The summed E-state index contributed by atoms with van der Waals surface area (Å²) in [5.74, 6) is 0. The van der Waals surface area contributed by atoms with Crippen molar-refractivity contribution in [2.24, 2.45) is 0 Å². The average molecular weight is 188 g/mol. The lowest BCUT2D eigenvalue weighted by molar-refractivity contribution is 0.912. The standard InChI is InChI=1S/C7H8S3/c1-2-4-7-5-6(3-1)8-10-9-7/h1-4,6-7H,5H2. The summed E-state index contributed by atoms with van der Waals surface area (Å²) < 4.78 is 0. The highest BCUT2D eigenvalue weighted by molar-refractivity contribution is 9.09. The minimum Gasteiger partial charge on any atom is -0.0749 e. The molecule has 54 valence electrons. The molecule has 2 rings (SSSR count). The van der Waals surface area contributed by atoms with Gasteiger partial charge in [0.2, 0.25) is 0 Å². The van der Waals surface area contributed by atoms with Gasteiger partial charge in [-0.25, -0.2) is 0 Å². The second kappa shape index (κ2) is 3.28. The van der Waals surface area contributed by atoms with Gasteiger partial charge in [-0.1, -0.05) is 45.9 Å². The minimum atomic E-state index is 0.756. The van der Waals surface area contributed by atoms with E-state index in [0.29, 0.717) is 0 Å². The summed E-state index contributed by atoms with van der Waals surface area (Å²) in [6, 6.07) is 0. The van der Waals surface area contributed by atoms with Crippen LogP contribution in [0.15, 0.2) is 24.3 Å². The van der Waals surface area contributed by atoms with E-state index in [0.717, 1.165) is 10.5 Å². The molecule has 1 heterocycles. The van der Waals surface area contributed by atoms with E-state index in [1.54, 1.807) is 0 Å². The smallest absolute Gasteiger partial charge is 0.0356 e. The molecule has 0 radical (unpaired) electrons. The second-order valence-electron chi connectivity index (χ2n) is 2.34. The first-order chi connectivity index (χ1) is 4.95. The van der Waals surface area contributed by atoms with Crippen LogP contribution in [0.1, 0.15) is 6.42 Å². The zero-order valence-corrected chi connectivity index (χ0v) is 7.85. The van der Waals surface area contributed by atoms with E-state index < -0.39 is 0 Å². The quantitative estimate of drug-likeness (QED) is 0.535. The van der Waals surface area contributed by atoms with Crippen molar-refractivity contribution in [1.29, 1.82) is 0 Å². The maximum absolute atomic E-state index is 2.30.